The summed E-state index contributed by atoms with van der Waals surface area (Å²) in [5.41, 5.74) is 7.46. The van der Waals surface area contributed by atoms with Gasteiger partial charge in [0.1, 0.15) is 6.61 Å². The first-order valence-corrected chi connectivity index (χ1v) is 6.40. The van der Waals surface area contributed by atoms with Gasteiger partial charge in [0, 0.05) is 5.69 Å². The molecule has 13 heteroatoms. The fourth-order valence-corrected chi connectivity index (χ4v) is 1.47. The van der Waals surface area contributed by atoms with Crippen LogP contribution in [0.25, 0.3) is 0 Å². The molecule has 118 valence electrons. The minimum atomic E-state index is -3.11. The van der Waals surface area contributed by atoms with Gasteiger partial charge in [-0.15, -0.1) is 16.3 Å². The van der Waals surface area contributed by atoms with Crippen LogP contribution < -0.4 is 70.2 Å². The quantitative estimate of drug-likeness (QED) is 0.152. The first-order valence-electron chi connectivity index (χ1n) is 5.40. The van der Waals surface area contributed by atoms with Crippen molar-refractivity contribution in [1.82, 2.24) is 5.32 Å². The van der Waals surface area contributed by atoms with Gasteiger partial charge < -0.3 is 30.1 Å². The number of amides is 1. The van der Waals surface area contributed by atoms with Crippen LogP contribution in [0.2, 0.25) is 0 Å². The topological polar surface area (TPSA) is 177 Å². The number of ether oxygens (including phenoxy) is 1. The van der Waals surface area contributed by atoms with Crippen LogP contribution in [0.3, 0.4) is 0 Å². The number of hydrogen-bond donors (Lipinski definition) is 3. The molecule has 0 aromatic heterocycles. The van der Waals surface area contributed by atoms with E-state index in [9.17, 15) is 4.79 Å². The van der Waals surface area contributed by atoms with Gasteiger partial charge in [-0.25, -0.2) is 4.79 Å². The molecule has 0 unspecified atom stereocenters. The summed E-state index contributed by atoms with van der Waals surface area (Å²) in [6.45, 7) is 0.448. The Morgan fingerprint density at radius 1 is 1.35 bits per heavy atom. The van der Waals surface area contributed by atoms with Crippen molar-refractivity contribution in [2.75, 3.05) is 12.3 Å². The zero-order valence-corrected chi connectivity index (χ0v) is 17.4. The van der Waals surface area contributed by atoms with E-state index >= 15 is 0 Å². The van der Waals surface area contributed by atoms with Crippen LogP contribution in [-0.2, 0) is 22.5 Å². The second-order valence-corrected chi connectivity index (χ2v) is 4.08. The fourth-order valence-electron chi connectivity index (χ4n) is 1.47. The predicted molar refractivity (Wildman–Crippen MR) is 70.1 cm³/mol. The smallest absolute Gasteiger partial charge is 0.784 e. The Bertz CT molecular complexity index is 474. The Morgan fingerprint density at radius 2 is 1.78 bits per heavy atom. The summed E-state index contributed by atoms with van der Waals surface area (Å²) in [5.74, 6) is 0. The number of hydrogen-bond acceptors (Lipinski definition) is 8. The largest absolute Gasteiger partial charge is 1.00 e. The number of alkyl carbamates (subject to hydrolysis) is 1. The third-order valence-corrected chi connectivity index (χ3v) is 2.20. The summed E-state index contributed by atoms with van der Waals surface area (Å²) in [6.07, 6.45) is 0.455. The van der Waals surface area contributed by atoms with E-state index in [4.69, 9.17) is 33.9 Å². The number of cyclic esters (lactones) is 1. The molecule has 0 spiro atoms. The summed E-state index contributed by atoms with van der Waals surface area (Å²) in [6, 6.07) is 7.71. The molecule has 2 rings (SSSR count). The van der Waals surface area contributed by atoms with Crippen molar-refractivity contribution in [2.24, 2.45) is 5.34 Å². The second kappa shape index (κ2) is 16.6. The molecule has 1 aliphatic rings. The van der Waals surface area contributed by atoms with Gasteiger partial charge in [0.25, 0.3) is 0 Å². The van der Waals surface area contributed by atoms with Crippen LogP contribution in [0.4, 0.5) is 10.5 Å². The summed E-state index contributed by atoms with van der Waals surface area (Å²) in [7, 11) is 0. The van der Waals surface area contributed by atoms with Crippen LogP contribution >= 0.6 is 0 Å². The summed E-state index contributed by atoms with van der Waals surface area (Å²) in [5, 5.41) is 10.6. The molecule has 4 N–H and O–H groups in total. The van der Waals surface area contributed by atoms with E-state index in [0.717, 1.165) is 17.7 Å². The van der Waals surface area contributed by atoms with E-state index in [1.165, 1.54) is 5.34 Å². The Hall–Kier alpha value is -0.240. The average Bonchev–Trinajstić information content (AvgIpc) is 2.78. The molecule has 1 heterocycles. The Balaban J connectivity index is -0.000000385. The predicted octanol–water partition coefficient (Wildman–Crippen LogP) is -5.93. The molecule has 1 atom stereocenters. The minimum absolute atomic E-state index is 0. The van der Waals surface area contributed by atoms with Crippen LogP contribution in [0, 0.1) is 4.91 Å². The molecule has 0 saturated carbocycles. The number of nitrogens with zero attached hydrogens (tertiary/aromatic N) is 1. The first kappa shape index (κ1) is 27.6. The van der Waals surface area contributed by atoms with Crippen LogP contribution in [0.5, 0.6) is 0 Å². The average molecular weight is 365 g/mol. The Morgan fingerprint density at radius 3 is 2.13 bits per heavy atom. The molecule has 0 bridgehead atoms. The van der Waals surface area contributed by atoms with Gasteiger partial charge in [-0.1, -0.05) is 12.1 Å². The number of nitrogens with two attached hydrogens (primary N) is 1. The molecule has 1 aliphatic heterocycles. The van der Waals surface area contributed by atoms with Crippen molar-refractivity contribution in [3.8, 4) is 0 Å². The van der Waals surface area contributed by atoms with E-state index in [1.54, 1.807) is 0 Å². The standard InChI is InChI=1S/C10H12N2O2.HNO2.2Na.H2O3S/c11-8-3-1-7(2-4-8)5-9-6-14-10(13)12-9;2-1-3;;;1-4(2)3/h1-4,9H,5-6,11H2,(H,12,13);(H,2,3);;;(H2,1,2,3)/q;;2*+1;/p-2/t9-;;;;/m0..../s1. The summed E-state index contributed by atoms with van der Waals surface area (Å²) < 4.78 is 30.1. The molecular weight excluding hydrogens is 352 g/mol. The third-order valence-electron chi connectivity index (χ3n) is 2.20. The first-order chi connectivity index (χ1) is 9.88. The molecule has 1 amide bonds. The van der Waals surface area contributed by atoms with Crippen LogP contribution in [0.1, 0.15) is 5.56 Å². The van der Waals surface area contributed by atoms with Gasteiger partial charge in [-0.3, -0.25) is 4.21 Å². The van der Waals surface area contributed by atoms with E-state index < -0.39 is 11.4 Å². The number of nitrogen functional groups attached to an aromatic ring is 1. The third kappa shape index (κ3) is 16.4. The number of rotatable bonds is 2. The maximum Gasteiger partial charge on any atom is 1.00 e. The molecule has 1 aromatic rings. The molecular formula is C10H13N3Na2O7S. The molecule has 1 fully saturated rings. The number of anilines is 1. The number of carbonyl (C=O) groups excluding carboxylic acids is 1. The maximum absolute atomic E-state index is 10.7. The Kier molecular flexibility index (Phi) is 19.9. The summed E-state index contributed by atoms with van der Waals surface area (Å²) >= 11 is -3.11. The van der Waals surface area contributed by atoms with Crippen molar-refractivity contribution in [3.63, 3.8) is 0 Å². The van der Waals surface area contributed by atoms with Crippen molar-refractivity contribution in [1.29, 1.82) is 0 Å². The van der Waals surface area contributed by atoms with Crippen LogP contribution in [-0.4, -0.2) is 37.3 Å². The zero-order chi connectivity index (χ0) is 16.3. The van der Waals surface area contributed by atoms with Gasteiger partial charge >= 0.3 is 65.2 Å². The molecule has 0 radical (unpaired) electrons. The molecule has 23 heavy (non-hydrogen) atoms. The Labute approximate surface area is 179 Å². The molecule has 0 aliphatic carbocycles. The number of benzene rings is 1. The van der Waals surface area contributed by atoms with Gasteiger partial charge in [-0.2, -0.15) is 0 Å². The molecule has 10 nitrogen and oxygen atoms in total. The van der Waals surface area contributed by atoms with E-state index in [2.05, 4.69) is 5.32 Å². The van der Waals surface area contributed by atoms with Crippen molar-refractivity contribution < 1.29 is 87.2 Å². The second-order valence-electron chi connectivity index (χ2n) is 3.67. The van der Waals surface area contributed by atoms with E-state index in [0.29, 0.717) is 6.61 Å². The number of nitrogens with one attached hydrogen (secondary N) is 1. The van der Waals surface area contributed by atoms with E-state index in [-0.39, 0.29) is 71.2 Å². The van der Waals surface area contributed by atoms with Crippen molar-refractivity contribution in [2.45, 2.75) is 12.5 Å². The van der Waals surface area contributed by atoms with Gasteiger partial charge in [0.05, 0.1) is 6.04 Å². The SMILES string of the molecule is Nc1ccc(C[C@H]2COC(=O)N2)cc1.O=NO.O=S([O-])[O-].[Na+].[Na+]. The fraction of sp³-hybridized carbons (Fsp3) is 0.300. The zero-order valence-electron chi connectivity index (χ0n) is 12.6. The van der Waals surface area contributed by atoms with Gasteiger partial charge in [-0.05, 0) is 24.1 Å². The van der Waals surface area contributed by atoms with E-state index in [1.807, 2.05) is 24.3 Å². The molecule has 1 aromatic carbocycles. The van der Waals surface area contributed by atoms with Gasteiger partial charge in [0.15, 0.2) is 5.34 Å². The summed E-state index contributed by atoms with van der Waals surface area (Å²) in [4.78, 5) is 18.9. The number of carbonyl (C=O) groups is 1. The maximum atomic E-state index is 10.7. The van der Waals surface area contributed by atoms with Gasteiger partial charge in [0.2, 0.25) is 0 Å². The van der Waals surface area contributed by atoms with Crippen molar-refractivity contribution >= 4 is 23.1 Å². The normalized spacial score (nSPS) is 14.4. The van der Waals surface area contributed by atoms with Crippen LogP contribution in [0.15, 0.2) is 29.6 Å². The minimum Gasteiger partial charge on any atom is -0.784 e. The molecule has 1 saturated heterocycles. The monoisotopic (exact) mass is 365 g/mol. The van der Waals surface area contributed by atoms with Crippen molar-refractivity contribution in [3.05, 3.63) is 34.7 Å².